The topological polar surface area (TPSA) is 147 Å². The van der Waals surface area contributed by atoms with Gasteiger partial charge in [-0.25, -0.2) is 9.89 Å². The van der Waals surface area contributed by atoms with Gasteiger partial charge >= 0.3 is 5.69 Å². The number of ether oxygens (including phenoxy) is 1. The van der Waals surface area contributed by atoms with E-state index in [2.05, 4.69) is 47.2 Å². The normalized spacial score (nSPS) is 10.8. The molecule has 2 heterocycles. The molecule has 0 bridgehead atoms. The number of hydrogen-bond acceptors (Lipinski definition) is 7. The molecule has 0 saturated heterocycles. The average molecular weight is 524 g/mol. The van der Waals surface area contributed by atoms with Crippen molar-refractivity contribution >= 4 is 31.9 Å². The van der Waals surface area contributed by atoms with Crippen LogP contribution in [0.15, 0.2) is 41.5 Å². The summed E-state index contributed by atoms with van der Waals surface area (Å²) in [6.45, 7) is 3.75. The summed E-state index contributed by atoms with van der Waals surface area (Å²) in [4.78, 5) is 37.5. The van der Waals surface area contributed by atoms with Gasteiger partial charge in [-0.05, 0) is 49.9 Å². The minimum atomic E-state index is -0.864. The number of nitrogens with one attached hydrogen (secondary N) is 2. The van der Waals surface area contributed by atoms with Crippen LogP contribution in [-0.4, -0.2) is 25.0 Å². The minimum Gasteiger partial charge on any atom is -0.435 e. The molecule has 10 nitrogen and oxygen atoms in total. The van der Waals surface area contributed by atoms with E-state index in [9.17, 15) is 14.4 Å². The van der Waals surface area contributed by atoms with Gasteiger partial charge in [0, 0.05) is 11.6 Å². The third kappa shape index (κ3) is 4.20. The number of nitrogens with zero attached hydrogens (tertiary/aromatic N) is 4. The first kappa shape index (κ1) is 20.7. The zero-order valence-electron chi connectivity index (χ0n) is 15.0. The SMILES string of the molecule is CC(C)c1cc(Oc2c(Br)cc(-n3nc(C#N)c(=O)[nH]c3=O)cc2Br)n[nH]c1=O. The molecule has 2 N–H and O–H groups in total. The molecule has 3 rings (SSSR count). The molecule has 0 spiro atoms. The molecule has 148 valence electrons. The van der Waals surface area contributed by atoms with E-state index in [0.29, 0.717) is 20.3 Å². The lowest BCUT2D eigenvalue weighted by Gasteiger charge is -2.12. The maximum absolute atomic E-state index is 12.1. The van der Waals surface area contributed by atoms with E-state index in [4.69, 9.17) is 10.00 Å². The van der Waals surface area contributed by atoms with Gasteiger partial charge in [0.25, 0.3) is 11.1 Å². The van der Waals surface area contributed by atoms with Crippen LogP contribution in [-0.2, 0) is 0 Å². The molecular formula is C17H12Br2N6O4. The second kappa shape index (κ2) is 8.14. The Morgan fingerprint density at radius 1 is 1.14 bits per heavy atom. The van der Waals surface area contributed by atoms with Crippen LogP contribution in [0.3, 0.4) is 0 Å². The molecule has 2 aromatic heterocycles. The van der Waals surface area contributed by atoms with Crippen LogP contribution in [0.5, 0.6) is 11.6 Å². The second-order valence-corrected chi connectivity index (χ2v) is 7.83. The third-order valence-electron chi connectivity index (χ3n) is 3.80. The third-order valence-corrected chi connectivity index (χ3v) is 4.98. The first-order valence-corrected chi connectivity index (χ1v) is 9.70. The highest BCUT2D eigenvalue weighted by atomic mass is 79.9. The van der Waals surface area contributed by atoms with E-state index < -0.39 is 16.9 Å². The highest BCUT2D eigenvalue weighted by Crippen LogP contribution is 2.38. The van der Waals surface area contributed by atoms with E-state index in [-0.39, 0.29) is 23.0 Å². The van der Waals surface area contributed by atoms with Crippen molar-refractivity contribution in [1.82, 2.24) is 25.0 Å². The van der Waals surface area contributed by atoms with Crippen LogP contribution in [0.25, 0.3) is 5.69 Å². The number of halogens is 2. The van der Waals surface area contributed by atoms with Crippen LogP contribution in [0, 0.1) is 11.3 Å². The fourth-order valence-corrected chi connectivity index (χ4v) is 3.73. The van der Waals surface area contributed by atoms with Gasteiger partial charge in [-0.1, -0.05) is 13.8 Å². The molecule has 0 atom stereocenters. The summed E-state index contributed by atoms with van der Waals surface area (Å²) in [6.07, 6.45) is 0. The predicted molar refractivity (Wildman–Crippen MR) is 110 cm³/mol. The molecule has 0 aliphatic carbocycles. The molecule has 0 radical (unpaired) electrons. The summed E-state index contributed by atoms with van der Waals surface area (Å²) in [5.41, 5.74) is -1.62. The van der Waals surface area contributed by atoms with Crippen LogP contribution < -0.4 is 21.5 Å². The summed E-state index contributed by atoms with van der Waals surface area (Å²) in [7, 11) is 0. The Bertz CT molecular complexity index is 1300. The maximum Gasteiger partial charge on any atom is 0.349 e. The van der Waals surface area contributed by atoms with Crippen LogP contribution in [0.1, 0.15) is 31.0 Å². The lowest BCUT2D eigenvalue weighted by molar-refractivity contribution is 0.446. The fraction of sp³-hybridized carbons (Fsp3) is 0.176. The largest absolute Gasteiger partial charge is 0.435 e. The molecule has 3 aromatic rings. The summed E-state index contributed by atoms with van der Waals surface area (Å²) in [5, 5.41) is 19.0. The van der Waals surface area contributed by atoms with E-state index in [1.807, 2.05) is 18.8 Å². The van der Waals surface area contributed by atoms with Gasteiger partial charge < -0.3 is 4.74 Å². The summed E-state index contributed by atoms with van der Waals surface area (Å²) in [6, 6.07) is 6.20. The van der Waals surface area contributed by atoms with Gasteiger partial charge in [0.05, 0.1) is 14.6 Å². The molecule has 29 heavy (non-hydrogen) atoms. The van der Waals surface area contributed by atoms with Crippen molar-refractivity contribution < 1.29 is 4.74 Å². The molecular weight excluding hydrogens is 512 g/mol. The van der Waals surface area contributed by atoms with Gasteiger partial charge in [-0.15, -0.1) is 10.2 Å². The highest BCUT2D eigenvalue weighted by Gasteiger charge is 2.16. The van der Waals surface area contributed by atoms with Gasteiger partial charge in [0.1, 0.15) is 6.07 Å². The van der Waals surface area contributed by atoms with Crippen molar-refractivity contribution in [3.8, 4) is 23.4 Å². The average Bonchev–Trinajstić information content (AvgIpc) is 2.65. The number of aromatic amines is 2. The molecule has 0 aliphatic rings. The lowest BCUT2D eigenvalue weighted by atomic mass is 10.1. The van der Waals surface area contributed by atoms with Crippen LogP contribution in [0.2, 0.25) is 0 Å². The summed E-state index contributed by atoms with van der Waals surface area (Å²) in [5.74, 6) is 0.486. The molecule has 0 fully saturated rings. The number of benzene rings is 1. The smallest absolute Gasteiger partial charge is 0.349 e. The molecule has 1 aromatic carbocycles. The number of H-pyrrole nitrogens is 2. The Hall–Kier alpha value is -3.04. The molecule has 12 heteroatoms. The number of rotatable bonds is 4. The standard InChI is InChI=1S/C17H12Br2N6O4/c1-7(2)9-5-13(22-23-15(9)26)29-14-10(18)3-8(4-11(14)19)25-17(28)21-16(27)12(6-20)24-25/h3-5,7H,1-2H3,(H,23,26)(H,21,27,28). The highest BCUT2D eigenvalue weighted by molar-refractivity contribution is 9.11. The number of hydrogen-bond donors (Lipinski definition) is 2. The minimum absolute atomic E-state index is 0.0223. The lowest BCUT2D eigenvalue weighted by Crippen LogP contribution is -2.33. The monoisotopic (exact) mass is 522 g/mol. The molecule has 0 aliphatic heterocycles. The Kier molecular flexibility index (Phi) is 5.81. The van der Waals surface area contributed by atoms with Crippen molar-refractivity contribution in [2.75, 3.05) is 0 Å². The Labute approximate surface area is 179 Å². The summed E-state index contributed by atoms with van der Waals surface area (Å²) < 4.78 is 7.52. The molecule has 0 unspecified atom stereocenters. The molecule has 0 saturated carbocycles. The van der Waals surface area contributed by atoms with Gasteiger partial charge in [0.15, 0.2) is 5.75 Å². The van der Waals surface area contributed by atoms with E-state index >= 15 is 0 Å². The van der Waals surface area contributed by atoms with E-state index in [0.717, 1.165) is 4.68 Å². The van der Waals surface area contributed by atoms with Crippen molar-refractivity contribution in [3.05, 3.63) is 69.6 Å². The fourth-order valence-electron chi connectivity index (χ4n) is 2.40. The zero-order valence-corrected chi connectivity index (χ0v) is 18.2. The van der Waals surface area contributed by atoms with Gasteiger partial charge in [-0.2, -0.15) is 9.94 Å². The summed E-state index contributed by atoms with van der Waals surface area (Å²) >= 11 is 6.71. The first-order valence-electron chi connectivity index (χ1n) is 8.12. The quantitative estimate of drug-likeness (QED) is 0.533. The number of nitriles is 1. The van der Waals surface area contributed by atoms with E-state index in [1.165, 1.54) is 12.1 Å². The van der Waals surface area contributed by atoms with Crippen molar-refractivity contribution in [1.29, 1.82) is 5.26 Å². The Morgan fingerprint density at radius 3 is 2.38 bits per heavy atom. The Morgan fingerprint density at radius 2 is 1.79 bits per heavy atom. The van der Waals surface area contributed by atoms with Crippen LogP contribution >= 0.6 is 31.9 Å². The van der Waals surface area contributed by atoms with Crippen molar-refractivity contribution in [2.24, 2.45) is 0 Å². The Balaban J connectivity index is 2.05. The zero-order chi connectivity index (χ0) is 21.3. The predicted octanol–water partition coefficient (Wildman–Crippen LogP) is 2.32. The van der Waals surface area contributed by atoms with Crippen molar-refractivity contribution in [2.45, 2.75) is 19.8 Å². The maximum atomic E-state index is 12.1. The first-order chi connectivity index (χ1) is 13.7. The second-order valence-electron chi connectivity index (χ2n) is 6.12. The van der Waals surface area contributed by atoms with Gasteiger partial charge in [-0.3, -0.25) is 14.6 Å². The van der Waals surface area contributed by atoms with E-state index in [1.54, 1.807) is 12.1 Å². The van der Waals surface area contributed by atoms with Crippen LogP contribution in [0.4, 0.5) is 0 Å². The number of aromatic nitrogens is 5. The van der Waals surface area contributed by atoms with Gasteiger partial charge in [0.2, 0.25) is 11.6 Å². The molecule has 0 amide bonds. The van der Waals surface area contributed by atoms with Crippen molar-refractivity contribution in [3.63, 3.8) is 0 Å².